The van der Waals surface area contributed by atoms with E-state index >= 15 is 0 Å². The molecule has 1 saturated carbocycles. The molecule has 2 aromatic heterocycles. The number of carbonyl (C=O) groups excluding carboxylic acids is 2. The summed E-state index contributed by atoms with van der Waals surface area (Å²) >= 11 is 5.82. The van der Waals surface area contributed by atoms with Crippen LogP contribution in [0.1, 0.15) is 35.3 Å². The van der Waals surface area contributed by atoms with Crippen molar-refractivity contribution in [3.63, 3.8) is 0 Å². The van der Waals surface area contributed by atoms with Gasteiger partial charge in [0.2, 0.25) is 5.91 Å². The van der Waals surface area contributed by atoms with Crippen LogP contribution in [0.15, 0.2) is 24.7 Å². The predicted molar refractivity (Wildman–Crippen MR) is 98.3 cm³/mol. The van der Waals surface area contributed by atoms with Gasteiger partial charge in [0.15, 0.2) is 0 Å². The summed E-state index contributed by atoms with van der Waals surface area (Å²) in [6.45, 7) is 2.11. The number of rotatable bonds is 5. The summed E-state index contributed by atoms with van der Waals surface area (Å²) in [7, 11) is 1.85. The summed E-state index contributed by atoms with van der Waals surface area (Å²) < 4.78 is 1.73. The highest BCUT2D eigenvalue weighted by molar-refractivity contribution is 6.30. The van der Waals surface area contributed by atoms with Gasteiger partial charge in [-0.05, 0) is 30.9 Å². The Hall–Kier alpha value is -2.32. The number of likely N-dealkylation sites (tertiary alicyclic amines) is 1. The zero-order chi connectivity index (χ0) is 19.3. The maximum Gasteiger partial charge on any atom is 0.270 e. The molecule has 9 heteroatoms. The number of β-amino-alcohol motifs (C(OH)–C–C–N with tert-alkyl or cyclic N) is 1. The van der Waals surface area contributed by atoms with Crippen LogP contribution in [0.3, 0.4) is 0 Å². The molecule has 0 radical (unpaired) electrons. The lowest BCUT2D eigenvalue weighted by atomic mass is 9.86. The summed E-state index contributed by atoms with van der Waals surface area (Å²) in [5.41, 5.74) is 0.325. The molecule has 8 nitrogen and oxygen atoms in total. The molecule has 1 aliphatic heterocycles. The van der Waals surface area contributed by atoms with E-state index in [0.717, 1.165) is 12.0 Å². The van der Waals surface area contributed by atoms with Crippen LogP contribution in [0.4, 0.5) is 0 Å². The van der Waals surface area contributed by atoms with Crippen LogP contribution < -0.4 is 5.32 Å². The first-order chi connectivity index (χ1) is 12.8. The molecule has 0 spiro atoms. The lowest BCUT2D eigenvalue weighted by molar-refractivity contribution is -0.131. The topological polar surface area (TPSA) is 103 Å². The minimum absolute atomic E-state index is 0.0642. The minimum Gasteiger partial charge on any atom is -0.384 e. The molecule has 3 N–H and O–H groups in total. The van der Waals surface area contributed by atoms with Gasteiger partial charge in [0.1, 0.15) is 11.3 Å². The molecule has 3 heterocycles. The zero-order valence-electron chi connectivity index (χ0n) is 15.1. The van der Waals surface area contributed by atoms with Gasteiger partial charge in [-0.1, -0.05) is 11.6 Å². The number of aliphatic hydroxyl groups is 1. The smallest absolute Gasteiger partial charge is 0.270 e. The Labute approximate surface area is 161 Å². The largest absolute Gasteiger partial charge is 0.384 e. The third-order valence-corrected chi connectivity index (χ3v) is 5.76. The molecular weight excluding hydrogens is 370 g/mol. The fraction of sp³-hybridized carbons (Fsp3) is 0.500. The average Bonchev–Trinajstić information content (AvgIpc) is 3.10. The van der Waals surface area contributed by atoms with Gasteiger partial charge >= 0.3 is 0 Å². The first-order valence-corrected chi connectivity index (χ1v) is 9.29. The Morgan fingerprint density at radius 2 is 2.22 bits per heavy atom. The Morgan fingerprint density at radius 1 is 1.48 bits per heavy atom. The van der Waals surface area contributed by atoms with Gasteiger partial charge < -0.3 is 20.3 Å². The summed E-state index contributed by atoms with van der Waals surface area (Å²) in [5.74, 6) is -0.175. The molecule has 0 aromatic carbocycles. The summed E-state index contributed by atoms with van der Waals surface area (Å²) in [4.78, 5) is 29.1. The fourth-order valence-corrected chi connectivity index (χ4v) is 3.80. The molecule has 2 aliphatic rings. The van der Waals surface area contributed by atoms with Gasteiger partial charge in [0.25, 0.3) is 5.91 Å². The zero-order valence-corrected chi connectivity index (χ0v) is 15.9. The van der Waals surface area contributed by atoms with Gasteiger partial charge in [-0.15, -0.1) is 0 Å². The van der Waals surface area contributed by atoms with Gasteiger partial charge in [0, 0.05) is 25.4 Å². The molecule has 1 unspecified atom stereocenters. The van der Waals surface area contributed by atoms with Crippen molar-refractivity contribution >= 4 is 23.4 Å². The monoisotopic (exact) mass is 391 g/mol. The number of aromatic amines is 1. The van der Waals surface area contributed by atoms with Gasteiger partial charge in [-0.3, -0.25) is 14.3 Å². The lowest BCUT2D eigenvalue weighted by Crippen LogP contribution is -2.71. The molecule has 27 heavy (non-hydrogen) atoms. The number of aromatic nitrogens is 3. The second-order valence-corrected chi connectivity index (χ2v) is 8.06. The molecule has 144 valence electrons. The number of amides is 2. The molecule has 0 bridgehead atoms. The van der Waals surface area contributed by atoms with E-state index in [4.69, 9.17) is 11.6 Å². The molecule has 2 amide bonds. The van der Waals surface area contributed by atoms with Gasteiger partial charge in [-0.2, -0.15) is 5.10 Å². The van der Waals surface area contributed by atoms with Crippen molar-refractivity contribution in [2.75, 3.05) is 13.1 Å². The second kappa shape index (κ2) is 6.38. The highest BCUT2D eigenvalue weighted by Crippen LogP contribution is 2.47. The number of halogens is 1. The number of nitrogens with zero attached hydrogens (tertiary/aromatic N) is 3. The standard InChI is InChI=1S/C18H22ClN5O3/c1-10(22-16(25)14-4-13(14)11-5-21-23(2)7-11)18(27)8-24(9-18)17(26)15-3-12(19)6-20-15/h3,5-7,10,13-14,20,27H,4,8-9H2,1-2H3,(H,22,25)/t10?,13-,14+/m0/s1. The van der Waals surface area contributed by atoms with Gasteiger partial charge in [0.05, 0.1) is 30.4 Å². The van der Waals surface area contributed by atoms with E-state index in [1.54, 1.807) is 23.9 Å². The third kappa shape index (κ3) is 3.35. The first-order valence-electron chi connectivity index (χ1n) is 8.91. The van der Waals surface area contributed by atoms with Crippen molar-refractivity contribution < 1.29 is 14.7 Å². The van der Waals surface area contributed by atoms with Crippen LogP contribution >= 0.6 is 11.6 Å². The van der Waals surface area contributed by atoms with E-state index in [9.17, 15) is 14.7 Å². The number of H-pyrrole nitrogens is 1. The quantitative estimate of drug-likeness (QED) is 0.704. The minimum atomic E-state index is -1.12. The number of hydrogen-bond donors (Lipinski definition) is 3. The predicted octanol–water partition coefficient (Wildman–Crippen LogP) is 0.897. The molecule has 2 fully saturated rings. The van der Waals surface area contributed by atoms with E-state index in [2.05, 4.69) is 15.4 Å². The van der Waals surface area contributed by atoms with Crippen LogP contribution in [0.25, 0.3) is 0 Å². The SMILES string of the molecule is CC(NC(=O)[C@@H]1C[C@H]1c1cnn(C)c1)C1(O)CN(C(=O)c2cc(Cl)c[nH]2)C1. The highest BCUT2D eigenvalue weighted by atomic mass is 35.5. The number of aryl methyl sites for hydroxylation is 1. The lowest BCUT2D eigenvalue weighted by Gasteiger charge is -2.49. The van der Waals surface area contributed by atoms with Crippen molar-refractivity contribution in [1.29, 1.82) is 0 Å². The van der Waals surface area contributed by atoms with Crippen molar-refractivity contribution in [2.24, 2.45) is 13.0 Å². The summed E-state index contributed by atoms with van der Waals surface area (Å²) in [6.07, 6.45) is 6.05. The Kier molecular flexibility index (Phi) is 4.27. The van der Waals surface area contributed by atoms with Crippen LogP contribution in [0.5, 0.6) is 0 Å². The number of hydrogen-bond acceptors (Lipinski definition) is 4. The Morgan fingerprint density at radius 3 is 2.81 bits per heavy atom. The van der Waals surface area contributed by atoms with Crippen molar-refractivity contribution in [2.45, 2.75) is 30.9 Å². The van der Waals surface area contributed by atoms with E-state index < -0.39 is 11.6 Å². The van der Waals surface area contributed by atoms with Crippen LogP contribution in [-0.2, 0) is 11.8 Å². The summed E-state index contributed by atoms with van der Waals surface area (Å²) in [6, 6.07) is 1.11. The highest BCUT2D eigenvalue weighted by Gasteiger charge is 2.51. The van der Waals surface area contributed by atoms with Crippen LogP contribution in [-0.4, -0.2) is 61.3 Å². The molecule has 1 aliphatic carbocycles. The van der Waals surface area contributed by atoms with Crippen molar-refractivity contribution in [3.05, 3.63) is 40.9 Å². The van der Waals surface area contributed by atoms with E-state index in [1.165, 1.54) is 11.1 Å². The maximum absolute atomic E-state index is 12.5. The molecule has 4 rings (SSSR count). The van der Waals surface area contributed by atoms with Crippen LogP contribution in [0, 0.1) is 5.92 Å². The number of carbonyl (C=O) groups is 2. The van der Waals surface area contributed by atoms with Crippen molar-refractivity contribution in [3.8, 4) is 0 Å². The van der Waals surface area contributed by atoms with E-state index in [0.29, 0.717) is 10.7 Å². The average molecular weight is 392 g/mol. The third-order valence-electron chi connectivity index (χ3n) is 5.54. The Bertz CT molecular complexity index is 885. The molecule has 1 saturated heterocycles. The fourth-order valence-electron chi connectivity index (χ4n) is 3.63. The van der Waals surface area contributed by atoms with E-state index in [-0.39, 0.29) is 36.7 Å². The van der Waals surface area contributed by atoms with Crippen LogP contribution in [0.2, 0.25) is 5.02 Å². The second-order valence-electron chi connectivity index (χ2n) is 7.62. The molecular formula is C18H22ClN5O3. The van der Waals surface area contributed by atoms with Crippen molar-refractivity contribution in [1.82, 2.24) is 25.0 Å². The molecule has 3 atom stereocenters. The number of nitrogens with one attached hydrogen (secondary N) is 2. The van der Waals surface area contributed by atoms with Gasteiger partial charge in [-0.25, -0.2) is 0 Å². The van der Waals surface area contributed by atoms with E-state index in [1.807, 2.05) is 13.2 Å². The summed E-state index contributed by atoms with van der Waals surface area (Å²) in [5, 5.41) is 18.2. The normalized spacial score (nSPS) is 24.2. The molecule has 2 aromatic rings. The maximum atomic E-state index is 12.5. The Balaban J connectivity index is 1.29. The first kappa shape index (κ1) is 18.1.